The van der Waals surface area contributed by atoms with Gasteiger partial charge in [0.05, 0.1) is 29.7 Å². The number of amides is 1. The Morgan fingerprint density at radius 1 is 1.14 bits per heavy atom. The van der Waals surface area contributed by atoms with Gasteiger partial charge in [-0.3, -0.25) is 9.59 Å². The molecule has 1 aromatic carbocycles. The molecular formula is C22H20N2O3S. The maximum atomic E-state index is 13.0. The highest BCUT2D eigenvalue weighted by molar-refractivity contribution is 7.12. The fourth-order valence-electron chi connectivity index (χ4n) is 3.24. The molecule has 142 valence electrons. The molecule has 0 spiro atoms. The van der Waals surface area contributed by atoms with Crippen molar-refractivity contribution < 1.29 is 9.21 Å². The van der Waals surface area contributed by atoms with Crippen molar-refractivity contribution in [2.24, 2.45) is 0 Å². The molecule has 4 aromatic rings. The Balaban J connectivity index is 1.71. The fraction of sp³-hybridized carbons (Fsp3) is 0.182. The number of aromatic nitrogens is 1. The number of carbonyl (C=O) groups is 1. The summed E-state index contributed by atoms with van der Waals surface area (Å²) in [6.07, 6.45) is 1.58. The third-order valence-corrected chi connectivity index (χ3v) is 5.79. The van der Waals surface area contributed by atoms with Gasteiger partial charge in [0, 0.05) is 5.56 Å². The van der Waals surface area contributed by atoms with Crippen molar-refractivity contribution in [3.63, 3.8) is 0 Å². The summed E-state index contributed by atoms with van der Waals surface area (Å²) in [4.78, 5) is 31.0. The van der Waals surface area contributed by atoms with Gasteiger partial charge in [-0.25, -0.2) is 0 Å². The molecule has 4 rings (SSSR count). The largest absolute Gasteiger partial charge is 0.467 e. The molecule has 0 unspecified atom stereocenters. The van der Waals surface area contributed by atoms with E-state index in [2.05, 4.69) is 4.98 Å². The van der Waals surface area contributed by atoms with E-state index in [1.54, 1.807) is 23.3 Å². The van der Waals surface area contributed by atoms with Crippen LogP contribution in [0.25, 0.3) is 10.9 Å². The zero-order valence-corrected chi connectivity index (χ0v) is 16.5. The van der Waals surface area contributed by atoms with E-state index in [-0.39, 0.29) is 18.0 Å². The first kappa shape index (κ1) is 18.3. The molecule has 0 saturated heterocycles. The number of fused-ring (bicyclic) bond motifs is 1. The summed E-state index contributed by atoms with van der Waals surface area (Å²) in [5, 5.41) is 2.82. The first-order valence-corrected chi connectivity index (χ1v) is 9.88. The minimum Gasteiger partial charge on any atom is -0.467 e. The minimum atomic E-state index is -0.176. The number of nitrogens with one attached hydrogen (secondary N) is 1. The molecule has 0 atom stereocenters. The normalized spacial score (nSPS) is 11.1. The lowest BCUT2D eigenvalue weighted by Gasteiger charge is -2.21. The third-order valence-electron chi connectivity index (χ3n) is 4.94. The number of furan rings is 1. The Labute approximate surface area is 166 Å². The van der Waals surface area contributed by atoms with Crippen LogP contribution in [0.2, 0.25) is 0 Å². The van der Waals surface area contributed by atoms with Gasteiger partial charge in [0.15, 0.2) is 0 Å². The molecule has 3 heterocycles. The SMILES string of the molecule is Cc1ccc2cc(CN(Cc3ccco3)C(=O)c3cccs3)c(=O)[nH]c2c1C. The highest BCUT2D eigenvalue weighted by Crippen LogP contribution is 2.21. The predicted molar refractivity (Wildman–Crippen MR) is 111 cm³/mol. The summed E-state index contributed by atoms with van der Waals surface area (Å²) in [5.41, 5.74) is 3.40. The van der Waals surface area contributed by atoms with Crippen LogP contribution in [0.15, 0.2) is 63.3 Å². The van der Waals surface area contributed by atoms with Gasteiger partial charge in [-0.2, -0.15) is 0 Å². The van der Waals surface area contributed by atoms with Crippen molar-refractivity contribution in [2.45, 2.75) is 26.9 Å². The van der Waals surface area contributed by atoms with Crippen molar-refractivity contribution >= 4 is 28.1 Å². The average molecular weight is 392 g/mol. The number of nitrogens with zero attached hydrogens (tertiary/aromatic N) is 1. The van der Waals surface area contributed by atoms with Gasteiger partial charge in [0.25, 0.3) is 11.5 Å². The zero-order chi connectivity index (χ0) is 19.7. The van der Waals surface area contributed by atoms with Gasteiger partial charge in [0.1, 0.15) is 5.76 Å². The number of rotatable bonds is 5. The first-order chi connectivity index (χ1) is 13.5. The standard InChI is InChI=1S/C22H20N2O3S/c1-14-7-8-16-11-17(21(25)23-20(16)15(14)2)12-24(13-18-5-3-9-27-18)22(26)19-6-4-10-28-19/h3-11H,12-13H2,1-2H3,(H,23,25). The van der Waals surface area contributed by atoms with Gasteiger partial charge in [-0.1, -0.05) is 18.2 Å². The third kappa shape index (κ3) is 3.51. The second-order valence-electron chi connectivity index (χ2n) is 6.81. The number of carbonyl (C=O) groups excluding carboxylic acids is 1. The maximum absolute atomic E-state index is 13.0. The Morgan fingerprint density at radius 2 is 2.00 bits per heavy atom. The molecule has 0 radical (unpaired) electrons. The zero-order valence-electron chi connectivity index (χ0n) is 15.7. The summed E-state index contributed by atoms with van der Waals surface area (Å²) < 4.78 is 5.42. The molecule has 28 heavy (non-hydrogen) atoms. The van der Waals surface area contributed by atoms with Crippen LogP contribution in [0.3, 0.4) is 0 Å². The molecule has 0 aliphatic carbocycles. The molecule has 0 bridgehead atoms. The lowest BCUT2D eigenvalue weighted by Crippen LogP contribution is -2.32. The van der Waals surface area contributed by atoms with Gasteiger partial charge in [-0.05, 0) is 60.0 Å². The highest BCUT2D eigenvalue weighted by atomic mass is 32.1. The highest BCUT2D eigenvalue weighted by Gasteiger charge is 2.20. The van der Waals surface area contributed by atoms with E-state index >= 15 is 0 Å². The van der Waals surface area contributed by atoms with Crippen molar-refractivity contribution in [2.75, 3.05) is 0 Å². The van der Waals surface area contributed by atoms with E-state index in [0.717, 1.165) is 22.0 Å². The number of aromatic amines is 1. The fourth-order valence-corrected chi connectivity index (χ4v) is 3.93. The molecule has 5 nitrogen and oxygen atoms in total. The number of thiophene rings is 1. The van der Waals surface area contributed by atoms with E-state index in [1.807, 2.05) is 49.6 Å². The summed E-state index contributed by atoms with van der Waals surface area (Å²) in [7, 11) is 0. The smallest absolute Gasteiger partial charge is 0.264 e. The maximum Gasteiger partial charge on any atom is 0.264 e. The molecule has 0 aliphatic rings. The van der Waals surface area contributed by atoms with E-state index in [1.165, 1.54) is 11.3 Å². The Bertz CT molecular complexity index is 1170. The summed E-state index contributed by atoms with van der Waals surface area (Å²) in [6, 6.07) is 13.2. The molecule has 0 saturated carbocycles. The minimum absolute atomic E-state index is 0.119. The van der Waals surface area contributed by atoms with Crippen LogP contribution in [0, 0.1) is 13.8 Å². The topological polar surface area (TPSA) is 66.3 Å². The van der Waals surface area contributed by atoms with Crippen molar-refractivity contribution in [3.8, 4) is 0 Å². The van der Waals surface area contributed by atoms with Crippen molar-refractivity contribution in [1.29, 1.82) is 0 Å². The van der Waals surface area contributed by atoms with Crippen LogP contribution in [-0.2, 0) is 13.1 Å². The van der Waals surface area contributed by atoms with Crippen LogP contribution < -0.4 is 5.56 Å². The van der Waals surface area contributed by atoms with Crippen LogP contribution in [-0.4, -0.2) is 15.8 Å². The quantitative estimate of drug-likeness (QED) is 0.538. The van der Waals surface area contributed by atoms with Crippen molar-refractivity contribution in [1.82, 2.24) is 9.88 Å². The summed E-state index contributed by atoms with van der Waals surface area (Å²) in [6.45, 7) is 4.52. The van der Waals surface area contributed by atoms with Gasteiger partial charge >= 0.3 is 0 Å². The Morgan fingerprint density at radius 3 is 2.71 bits per heavy atom. The second kappa shape index (κ2) is 7.48. The van der Waals surface area contributed by atoms with Crippen molar-refractivity contribution in [3.05, 3.63) is 91.8 Å². The first-order valence-electron chi connectivity index (χ1n) is 9.00. The van der Waals surface area contributed by atoms with Gasteiger partial charge in [0.2, 0.25) is 0 Å². The second-order valence-corrected chi connectivity index (χ2v) is 7.76. The molecular weight excluding hydrogens is 372 g/mol. The number of aryl methyl sites for hydroxylation is 2. The van der Waals surface area contributed by atoms with Crippen LogP contribution in [0.1, 0.15) is 32.1 Å². The van der Waals surface area contributed by atoms with E-state index in [9.17, 15) is 9.59 Å². The number of pyridine rings is 1. The van der Waals surface area contributed by atoms with E-state index < -0.39 is 0 Å². The molecule has 1 N–H and O–H groups in total. The number of H-pyrrole nitrogens is 1. The average Bonchev–Trinajstić information content (AvgIpc) is 3.39. The van der Waals surface area contributed by atoms with E-state index in [4.69, 9.17) is 4.42 Å². The predicted octanol–water partition coefficient (Wildman–Crippen LogP) is 4.64. The molecule has 6 heteroatoms. The van der Waals surface area contributed by atoms with Gasteiger partial charge < -0.3 is 14.3 Å². The van der Waals surface area contributed by atoms with E-state index in [0.29, 0.717) is 22.7 Å². The molecule has 0 aliphatic heterocycles. The van der Waals surface area contributed by atoms with Gasteiger partial charge in [-0.15, -0.1) is 11.3 Å². The number of benzene rings is 1. The molecule has 0 fully saturated rings. The monoisotopic (exact) mass is 392 g/mol. The van der Waals surface area contributed by atoms with Crippen LogP contribution >= 0.6 is 11.3 Å². The molecule has 1 amide bonds. The number of hydrogen-bond acceptors (Lipinski definition) is 4. The summed E-state index contributed by atoms with van der Waals surface area (Å²) >= 11 is 1.39. The lowest BCUT2D eigenvalue weighted by molar-refractivity contribution is 0.0722. The van der Waals surface area contributed by atoms with Crippen LogP contribution in [0.5, 0.6) is 0 Å². The Kier molecular flexibility index (Phi) is 4.88. The lowest BCUT2D eigenvalue weighted by atomic mass is 10.0. The number of hydrogen-bond donors (Lipinski definition) is 1. The van der Waals surface area contributed by atoms with Crippen LogP contribution in [0.4, 0.5) is 0 Å². The Hall–Kier alpha value is -3.12. The summed E-state index contributed by atoms with van der Waals surface area (Å²) in [5.74, 6) is 0.555. The molecule has 3 aromatic heterocycles.